The first-order valence-electron chi connectivity index (χ1n) is 5.85. The molecular weight excluding hydrogens is 184 g/mol. The van der Waals surface area contributed by atoms with Crippen LogP contribution in [0.5, 0.6) is 0 Å². The van der Waals surface area contributed by atoms with Crippen LogP contribution in [0.3, 0.4) is 0 Å². The van der Waals surface area contributed by atoms with Crippen molar-refractivity contribution in [2.24, 2.45) is 0 Å². The van der Waals surface area contributed by atoms with E-state index in [0.717, 1.165) is 18.3 Å². The molecule has 0 bridgehead atoms. The Morgan fingerprint density at radius 3 is 2.73 bits per heavy atom. The van der Waals surface area contributed by atoms with Gasteiger partial charge in [-0.2, -0.15) is 0 Å². The van der Waals surface area contributed by atoms with Gasteiger partial charge in [-0.15, -0.1) is 0 Å². The van der Waals surface area contributed by atoms with E-state index in [1.165, 1.54) is 30.5 Å². The first kappa shape index (κ1) is 10.3. The molecule has 2 N–H and O–H groups in total. The fraction of sp³-hybridized carbons (Fsp3) is 0.538. The predicted octanol–water partition coefficient (Wildman–Crippen LogP) is 2.96. The monoisotopic (exact) mass is 204 g/mol. The van der Waals surface area contributed by atoms with Gasteiger partial charge in [0.1, 0.15) is 0 Å². The smallest absolute Gasteiger partial charge is 0.0605 e. The molecule has 0 spiro atoms. The van der Waals surface area contributed by atoms with Gasteiger partial charge in [0, 0.05) is 12.6 Å². The van der Waals surface area contributed by atoms with Gasteiger partial charge < -0.3 is 10.6 Å². The number of rotatable bonds is 4. The van der Waals surface area contributed by atoms with E-state index in [-0.39, 0.29) is 0 Å². The van der Waals surface area contributed by atoms with Crippen molar-refractivity contribution in [1.29, 1.82) is 0 Å². The van der Waals surface area contributed by atoms with Crippen LogP contribution in [0.4, 0.5) is 11.4 Å². The second kappa shape index (κ2) is 4.13. The molecule has 2 heteroatoms. The Kier molecular flexibility index (Phi) is 2.85. The largest absolute Gasteiger partial charge is 0.397 e. The molecule has 0 atom stereocenters. The van der Waals surface area contributed by atoms with Gasteiger partial charge in [0.15, 0.2) is 0 Å². The lowest BCUT2D eigenvalue weighted by atomic mass is 10.1. The van der Waals surface area contributed by atoms with Gasteiger partial charge in [0.25, 0.3) is 0 Å². The minimum absolute atomic E-state index is 0.744. The van der Waals surface area contributed by atoms with Crippen molar-refractivity contribution in [3.63, 3.8) is 0 Å². The zero-order chi connectivity index (χ0) is 10.8. The summed E-state index contributed by atoms with van der Waals surface area (Å²) >= 11 is 0. The summed E-state index contributed by atoms with van der Waals surface area (Å²) in [5.74, 6) is 0. The van der Waals surface area contributed by atoms with Crippen molar-refractivity contribution in [2.75, 3.05) is 17.2 Å². The van der Waals surface area contributed by atoms with E-state index >= 15 is 0 Å². The molecule has 15 heavy (non-hydrogen) atoms. The van der Waals surface area contributed by atoms with Gasteiger partial charge in [-0.1, -0.05) is 19.1 Å². The summed E-state index contributed by atoms with van der Waals surface area (Å²) in [5, 5.41) is 0. The predicted molar refractivity (Wildman–Crippen MR) is 66.3 cm³/mol. The van der Waals surface area contributed by atoms with Gasteiger partial charge in [-0.3, -0.25) is 0 Å². The number of para-hydroxylation sites is 1. The molecule has 2 rings (SSSR count). The molecule has 0 aliphatic heterocycles. The summed E-state index contributed by atoms with van der Waals surface area (Å²) < 4.78 is 0. The average Bonchev–Trinajstić information content (AvgIpc) is 3.03. The van der Waals surface area contributed by atoms with Crippen LogP contribution in [-0.4, -0.2) is 12.6 Å². The van der Waals surface area contributed by atoms with Crippen LogP contribution in [0, 0.1) is 6.92 Å². The molecule has 0 unspecified atom stereocenters. The highest BCUT2D eigenvalue weighted by molar-refractivity contribution is 5.71. The third-order valence-electron chi connectivity index (χ3n) is 3.06. The third-order valence-corrected chi connectivity index (χ3v) is 3.06. The molecule has 1 aliphatic carbocycles. The van der Waals surface area contributed by atoms with Crippen molar-refractivity contribution >= 4 is 11.4 Å². The molecule has 82 valence electrons. The Morgan fingerprint density at radius 2 is 2.13 bits per heavy atom. The van der Waals surface area contributed by atoms with Crippen molar-refractivity contribution in [3.8, 4) is 0 Å². The van der Waals surface area contributed by atoms with E-state index in [9.17, 15) is 0 Å². The van der Waals surface area contributed by atoms with Crippen molar-refractivity contribution in [2.45, 2.75) is 39.2 Å². The van der Waals surface area contributed by atoms with Crippen molar-refractivity contribution in [3.05, 3.63) is 23.8 Å². The summed E-state index contributed by atoms with van der Waals surface area (Å²) in [6.07, 6.45) is 3.84. The molecule has 0 aromatic heterocycles. The molecule has 1 fully saturated rings. The number of nitrogens with zero attached hydrogens (tertiary/aromatic N) is 1. The van der Waals surface area contributed by atoms with E-state index in [2.05, 4.69) is 36.9 Å². The lowest BCUT2D eigenvalue weighted by Gasteiger charge is -2.26. The number of benzene rings is 1. The molecule has 0 heterocycles. The molecule has 1 aromatic carbocycles. The topological polar surface area (TPSA) is 29.3 Å². The number of hydrogen-bond donors (Lipinski definition) is 1. The van der Waals surface area contributed by atoms with Crippen LogP contribution in [-0.2, 0) is 0 Å². The minimum atomic E-state index is 0.744. The average molecular weight is 204 g/mol. The first-order valence-corrected chi connectivity index (χ1v) is 5.85. The molecule has 1 saturated carbocycles. The maximum atomic E-state index is 6.14. The summed E-state index contributed by atoms with van der Waals surface area (Å²) in [6, 6.07) is 7.08. The quantitative estimate of drug-likeness (QED) is 0.764. The van der Waals surface area contributed by atoms with Gasteiger partial charge in [0.05, 0.1) is 11.4 Å². The molecule has 2 nitrogen and oxygen atoms in total. The second-order valence-electron chi connectivity index (χ2n) is 4.43. The van der Waals surface area contributed by atoms with Gasteiger partial charge in [-0.05, 0) is 37.8 Å². The van der Waals surface area contributed by atoms with Crippen LogP contribution in [0.1, 0.15) is 31.7 Å². The molecular formula is C13H20N2. The lowest BCUT2D eigenvalue weighted by Crippen LogP contribution is -2.27. The molecule has 0 radical (unpaired) electrons. The summed E-state index contributed by atoms with van der Waals surface area (Å²) in [4.78, 5) is 2.47. The van der Waals surface area contributed by atoms with Crippen LogP contribution in [0.25, 0.3) is 0 Å². The molecule has 1 aliphatic rings. The van der Waals surface area contributed by atoms with Gasteiger partial charge in [0.2, 0.25) is 0 Å². The Bertz CT molecular complexity index is 342. The van der Waals surface area contributed by atoms with Crippen molar-refractivity contribution in [1.82, 2.24) is 0 Å². The van der Waals surface area contributed by atoms with E-state index in [1.54, 1.807) is 0 Å². The van der Waals surface area contributed by atoms with E-state index in [0.29, 0.717) is 0 Å². The Morgan fingerprint density at radius 1 is 1.40 bits per heavy atom. The van der Waals surface area contributed by atoms with E-state index < -0.39 is 0 Å². The number of nitrogen functional groups attached to an aromatic ring is 1. The number of anilines is 2. The maximum absolute atomic E-state index is 6.14. The van der Waals surface area contributed by atoms with Crippen LogP contribution in [0.15, 0.2) is 18.2 Å². The zero-order valence-corrected chi connectivity index (χ0v) is 9.66. The van der Waals surface area contributed by atoms with Gasteiger partial charge in [-0.25, -0.2) is 0 Å². The Balaban J connectivity index is 2.28. The van der Waals surface area contributed by atoms with E-state index in [1.807, 2.05) is 0 Å². The van der Waals surface area contributed by atoms with Gasteiger partial charge >= 0.3 is 0 Å². The summed E-state index contributed by atoms with van der Waals surface area (Å²) in [6.45, 7) is 5.43. The van der Waals surface area contributed by atoms with Crippen LogP contribution < -0.4 is 10.6 Å². The number of nitrogens with two attached hydrogens (primary N) is 1. The first-order chi connectivity index (χ1) is 7.24. The zero-order valence-electron chi connectivity index (χ0n) is 9.66. The SMILES string of the molecule is CCCN(c1cccc(C)c1N)C1CC1. The molecule has 0 saturated heterocycles. The standard InChI is InChI=1S/C13H20N2/c1-3-9-15(11-7-8-11)12-6-4-5-10(2)13(12)14/h4-6,11H,3,7-9,14H2,1-2H3. The summed E-state index contributed by atoms with van der Waals surface area (Å²) in [5.41, 5.74) is 9.52. The van der Waals surface area contributed by atoms with Crippen molar-refractivity contribution < 1.29 is 0 Å². The minimum Gasteiger partial charge on any atom is -0.397 e. The second-order valence-corrected chi connectivity index (χ2v) is 4.43. The molecule has 0 amide bonds. The van der Waals surface area contributed by atoms with Crippen LogP contribution >= 0.6 is 0 Å². The fourth-order valence-electron chi connectivity index (χ4n) is 2.04. The number of hydrogen-bond acceptors (Lipinski definition) is 2. The highest BCUT2D eigenvalue weighted by Crippen LogP contribution is 2.35. The maximum Gasteiger partial charge on any atom is 0.0605 e. The third kappa shape index (κ3) is 2.09. The summed E-state index contributed by atoms with van der Waals surface area (Å²) in [7, 11) is 0. The normalized spacial score (nSPS) is 15.3. The van der Waals surface area contributed by atoms with E-state index in [4.69, 9.17) is 5.73 Å². The highest BCUT2D eigenvalue weighted by atomic mass is 15.2. The Hall–Kier alpha value is -1.18. The molecule has 1 aromatic rings. The fourth-order valence-corrected chi connectivity index (χ4v) is 2.04. The van der Waals surface area contributed by atoms with Crippen LogP contribution in [0.2, 0.25) is 0 Å². The number of aryl methyl sites for hydroxylation is 1. The Labute approximate surface area is 92.1 Å². The highest BCUT2D eigenvalue weighted by Gasteiger charge is 2.29. The lowest BCUT2D eigenvalue weighted by molar-refractivity contribution is 0.764.